The highest BCUT2D eigenvalue weighted by atomic mass is 35.5. The zero-order valence-corrected chi connectivity index (χ0v) is 21.5. The number of nitrogens with two attached hydrogens (primary N) is 1. The summed E-state index contributed by atoms with van der Waals surface area (Å²) in [6.45, 7) is 1.88. The van der Waals surface area contributed by atoms with E-state index in [0.29, 0.717) is 49.4 Å². The van der Waals surface area contributed by atoms with E-state index in [0.717, 1.165) is 0 Å². The van der Waals surface area contributed by atoms with Gasteiger partial charge in [-0.15, -0.1) is 0 Å². The predicted molar refractivity (Wildman–Crippen MR) is 146 cm³/mol. The molecule has 3 N–H and O–H groups in total. The number of aromatic nitrogens is 5. The second-order valence-corrected chi connectivity index (χ2v) is 10.0. The minimum Gasteiger partial charge on any atom is -0.368 e. The van der Waals surface area contributed by atoms with E-state index in [-0.39, 0.29) is 11.5 Å². The summed E-state index contributed by atoms with van der Waals surface area (Å²) in [5.74, 6) is 0.979. The molecule has 2 unspecified atom stereocenters. The third-order valence-corrected chi connectivity index (χ3v) is 6.92. The molecule has 37 heavy (non-hydrogen) atoms. The van der Waals surface area contributed by atoms with Gasteiger partial charge in [0.2, 0.25) is 5.95 Å². The lowest BCUT2D eigenvalue weighted by Crippen LogP contribution is -2.27. The number of para-hydroxylation sites is 1. The predicted octanol–water partition coefficient (Wildman–Crippen LogP) is 4.38. The van der Waals surface area contributed by atoms with E-state index in [1.807, 2.05) is 37.3 Å². The quantitative estimate of drug-likeness (QED) is 0.330. The van der Waals surface area contributed by atoms with Gasteiger partial charge in [0.05, 0.1) is 38.5 Å². The number of halogens is 1. The van der Waals surface area contributed by atoms with Crippen LogP contribution in [0.2, 0.25) is 5.02 Å². The SMILES string of the molecule is CC(Nc1nc(N)ncc1-c1ccc(S(C)=O)nc1)c1nc2cccc(Cl)c2c(=O)n1-c1ccccc1. The summed E-state index contributed by atoms with van der Waals surface area (Å²) in [4.78, 5) is 31.3. The third-order valence-electron chi connectivity index (χ3n) is 5.78. The first-order chi connectivity index (χ1) is 17.8. The van der Waals surface area contributed by atoms with Gasteiger partial charge < -0.3 is 11.1 Å². The van der Waals surface area contributed by atoms with E-state index in [1.54, 1.807) is 53.5 Å². The molecule has 11 heteroatoms. The van der Waals surface area contributed by atoms with Crippen molar-refractivity contribution in [1.82, 2.24) is 24.5 Å². The van der Waals surface area contributed by atoms with E-state index < -0.39 is 16.8 Å². The number of hydrogen-bond donors (Lipinski definition) is 2. The number of anilines is 2. The summed E-state index contributed by atoms with van der Waals surface area (Å²) >= 11 is 6.40. The molecule has 0 bridgehead atoms. The minimum atomic E-state index is -1.20. The summed E-state index contributed by atoms with van der Waals surface area (Å²) < 4.78 is 13.3. The minimum absolute atomic E-state index is 0.0800. The molecular weight excluding hydrogens is 510 g/mol. The Morgan fingerprint density at radius 2 is 1.78 bits per heavy atom. The van der Waals surface area contributed by atoms with Gasteiger partial charge in [0.25, 0.3) is 5.56 Å². The van der Waals surface area contributed by atoms with Crippen LogP contribution in [0.15, 0.2) is 82.9 Å². The van der Waals surface area contributed by atoms with Crippen LogP contribution < -0.4 is 16.6 Å². The van der Waals surface area contributed by atoms with E-state index in [4.69, 9.17) is 22.3 Å². The number of nitrogens with zero attached hydrogens (tertiary/aromatic N) is 5. The Hall–Kier alpha value is -4.15. The number of benzene rings is 2. The molecule has 0 aliphatic carbocycles. The first-order valence-corrected chi connectivity index (χ1v) is 13.2. The molecule has 5 rings (SSSR count). The highest BCUT2D eigenvalue weighted by molar-refractivity contribution is 7.84. The Bertz CT molecular complexity index is 1690. The van der Waals surface area contributed by atoms with E-state index in [1.165, 1.54) is 0 Å². The van der Waals surface area contributed by atoms with Gasteiger partial charge >= 0.3 is 0 Å². The zero-order chi connectivity index (χ0) is 26.1. The van der Waals surface area contributed by atoms with Gasteiger partial charge in [0, 0.05) is 29.8 Å². The Kier molecular flexibility index (Phi) is 6.68. The van der Waals surface area contributed by atoms with Crippen LogP contribution in [0, 0.1) is 0 Å². The van der Waals surface area contributed by atoms with E-state index in [2.05, 4.69) is 20.3 Å². The lowest BCUT2D eigenvalue weighted by atomic mass is 10.1. The second kappa shape index (κ2) is 10.1. The van der Waals surface area contributed by atoms with Crippen molar-refractivity contribution >= 4 is 45.1 Å². The lowest BCUT2D eigenvalue weighted by Gasteiger charge is -2.21. The average Bonchev–Trinajstić information content (AvgIpc) is 2.89. The Balaban J connectivity index is 1.63. The molecule has 0 aliphatic heterocycles. The van der Waals surface area contributed by atoms with E-state index >= 15 is 0 Å². The van der Waals surface area contributed by atoms with Crippen LogP contribution in [0.5, 0.6) is 0 Å². The highest BCUT2D eigenvalue weighted by Crippen LogP contribution is 2.30. The molecule has 2 aromatic carbocycles. The van der Waals surface area contributed by atoms with Gasteiger partial charge in [-0.3, -0.25) is 13.6 Å². The van der Waals surface area contributed by atoms with Crippen molar-refractivity contribution in [2.24, 2.45) is 0 Å². The Morgan fingerprint density at radius 3 is 2.49 bits per heavy atom. The van der Waals surface area contributed by atoms with E-state index in [9.17, 15) is 9.00 Å². The molecule has 3 aromatic heterocycles. The molecule has 0 aliphatic rings. The van der Waals surface area contributed by atoms with Crippen LogP contribution in [0.3, 0.4) is 0 Å². The van der Waals surface area contributed by atoms with Crippen LogP contribution in [0.4, 0.5) is 11.8 Å². The zero-order valence-electron chi connectivity index (χ0n) is 19.9. The van der Waals surface area contributed by atoms with Gasteiger partial charge in [-0.05, 0) is 43.3 Å². The maximum absolute atomic E-state index is 13.7. The smallest absolute Gasteiger partial charge is 0.267 e. The Morgan fingerprint density at radius 1 is 1.00 bits per heavy atom. The number of fused-ring (bicyclic) bond motifs is 1. The largest absolute Gasteiger partial charge is 0.368 e. The standard InChI is InChI=1S/C26H22ClN7O2S/c1-15(31-23-18(14-30-26(28)33-23)16-11-12-21(29-13-16)37(2)36)24-32-20-10-6-9-19(27)22(20)25(35)34(24)17-7-4-3-5-8-17/h3-15H,1-2H3,(H3,28,30,31,33). The molecule has 0 saturated heterocycles. The third kappa shape index (κ3) is 4.81. The van der Waals surface area contributed by atoms with Crippen LogP contribution >= 0.6 is 11.6 Å². The van der Waals surface area contributed by atoms with Crippen molar-refractivity contribution in [3.8, 4) is 16.8 Å². The van der Waals surface area contributed by atoms with Gasteiger partial charge in [0.15, 0.2) is 0 Å². The summed E-state index contributed by atoms with van der Waals surface area (Å²) in [5.41, 5.74) is 8.13. The maximum Gasteiger partial charge on any atom is 0.267 e. The fourth-order valence-electron chi connectivity index (χ4n) is 4.02. The van der Waals surface area contributed by atoms with Crippen LogP contribution in [-0.2, 0) is 10.8 Å². The summed E-state index contributed by atoms with van der Waals surface area (Å²) in [5, 5.41) is 4.49. The van der Waals surface area contributed by atoms with Gasteiger partial charge in [-0.2, -0.15) is 4.98 Å². The number of rotatable bonds is 6. The molecular formula is C26H22ClN7O2S. The number of hydrogen-bond acceptors (Lipinski definition) is 8. The Labute approximate surface area is 219 Å². The van der Waals surface area contributed by atoms with Crippen molar-refractivity contribution in [2.45, 2.75) is 18.0 Å². The molecule has 0 amide bonds. The summed E-state index contributed by atoms with van der Waals surface area (Å²) in [6.07, 6.45) is 4.77. The first-order valence-electron chi connectivity index (χ1n) is 11.3. The van der Waals surface area contributed by atoms with Crippen molar-refractivity contribution in [3.05, 3.63) is 94.3 Å². The monoisotopic (exact) mass is 531 g/mol. The average molecular weight is 532 g/mol. The van der Waals surface area contributed by atoms with Crippen molar-refractivity contribution in [2.75, 3.05) is 17.3 Å². The van der Waals surface area contributed by atoms with Crippen LogP contribution in [-0.4, -0.2) is 35.0 Å². The fourth-order valence-corrected chi connectivity index (χ4v) is 4.73. The molecule has 2 atom stereocenters. The van der Waals surface area contributed by atoms with Crippen LogP contribution in [0.25, 0.3) is 27.7 Å². The molecule has 9 nitrogen and oxygen atoms in total. The van der Waals surface area contributed by atoms with Crippen molar-refractivity contribution in [3.63, 3.8) is 0 Å². The van der Waals surface area contributed by atoms with Crippen molar-refractivity contribution < 1.29 is 4.21 Å². The van der Waals surface area contributed by atoms with Gasteiger partial charge in [-0.25, -0.2) is 15.0 Å². The molecule has 0 spiro atoms. The van der Waals surface area contributed by atoms with Gasteiger partial charge in [-0.1, -0.05) is 35.9 Å². The number of nitrogen functional groups attached to an aromatic ring is 1. The molecule has 0 fully saturated rings. The van der Waals surface area contributed by atoms with Crippen molar-refractivity contribution in [1.29, 1.82) is 0 Å². The summed E-state index contributed by atoms with van der Waals surface area (Å²) in [6, 6.07) is 17.4. The summed E-state index contributed by atoms with van der Waals surface area (Å²) in [7, 11) is -1.20. The highest BCUT2D eigenvalue weighted by Gasteiger charge is 2.21. The molecule has 0 radical (unpaired) electrons. The number of pyridine rings is 1. The molecule has 0 saturated carbocycles. The molecule has 186 valence electrons. The molecule has 3 heterocycles. The first kappa shape index (κ1) is 24.5. The fraction of sp³-hybridized carbons (Fsp3) is 0.115. The normalized spacial score (nSPS) is 12.8. The second-order valence-electron chi connectivity index (χ2n) is 8.28. The topological polar surface area (TPSA) is 129 Å². The number of nitrogens with one attached hydrogen (secondary N) is 1. The lowest BCUT2D eigenvalue weighted by molar-refractivity contribution is 0.684. The van der Waals surface area contributed by atoms with Gasteiger partial charge in [0.1, 0.15) is 16.7 Å². The maximum atomic E-state index is 13.7. The van der Waals surface area contributed by atoms with Crippen LogP contribution in [0.1, 0.15) is 18.8 Å². The molecule has 5 aromatic rings.